The number of aliphatic hydroxyl groups is 1. The minimum atomic E-state index is -0.903. The number of ether oxygens (including phenoxy) is 2. The minimum absolute atomic E-state index is 0.0451. The topological polar surface area (TPSA) is 109 Å². The lowest BCUT2D eigenvalue weighted by Gasteiger charge is -2.25. The lowest BCUT2D eigenvalue weighted by atomic mass is 9.95. The fourth-order valence-corrected chi connectivity index (χ4v) is 4.14. The van der Waals surface area contributed by atoms with Gasteiger partial charge in [0.25, 0.3) is 11.7 Å². The van der Waals surface area contributed by atoms with Crippen molar-refractivity contribution in [3.8, 4) is 17.2 Å². The number of methoxy groups -OCH3 is 1. The summed E-state index contributed by atoms with van der Waals surface area (Å²) < 4.78 is 10.9. The second-order valence-electron chi connectivity index (χ2n) is 8.45. The SMILES string of the molecule is CCCCOc1ccc(C(O)=C2C(=O)C(=O)N(Cc3cccnc3)[C@@H]2c2ccc(O)c(OC)c2)cc1. The molecule has 1 saturated heterocycles. The summed E-state index contributed by atoms with van der Waals surface area (Å²) in [4.78, 5) is 31.9. The number of aromatic nitrogens is 1. The van der Waals surface area contributed by atoms with Crippen LogP contribution in [0.25, 0.3) is 5.76 Å². The molecule has 186 valence electrons. The van der Waals surface area contributed by atoms with E-state index in [9.17, 15) is 19.8 Å². The van der Waals surface area contributed by atoms with E-state index >= 15 is 0 Å². The molecule has 4 rings (SSSR count). The summed E-state index contributed by atoms with van der Waals surface area (Å²) >= 11 is 0. The number of amides is 1. The van der Waals surface area contributed by atoms with Gasteiger partial charge in [-0.1, -0.05) is 25.5 Å². The number of ketones is 1. The highest BCUT2D eigenvalue weighted by Gasteiger charge is 2.46. The zero-order chi connectivity index (χ0) is 25.7. The smallest absolute Gasteiger partial charge is 0.295 e. The van der Waals surface area contributed by atoms with Gasteiger partial charge in [-0.05, 0) is 60.0 Å². The molecule has 36 heavy (non-hydrogen) atoms. The van der Waals surface area contributed by atoms with Gasteiger partial charge in [-0.2, -0.15) is 0 Å². The molecule has 2 N–H and O–H groups in total. The minimum Gasteiger partial charge on any atom is -0.507 e. The molecule has 1 fully saturated rings. The number of carbonyl (C=O) groups excluding carboxylic acids is 2. The van der Waals surface area contributed by atoms with Crippen LogP contribution < -0.4 is 9.47 Å². The third kappa shape index (κ3) is 5.02. The third-order valence-corrected chi connectivity index (χ3v) is 6.03. The van der Waals surface area contributed by atoms with E-state index in [4.69, 9.17) is 9.47 Å². The predicted molar refractivity (Wildman–Crippen MR) is 134 cm³/mol. The highest BCUT2D eigenvalue weighted by atomic mass is 16.5. The molecular formula is C28H28N2O6. The van der Waals surface area contributed by atoms with Crippen LogP contribution in [0, 0.1) is 0 Å². The third-order valence-electron chi connectivity index (χ3n) is 6.03. The molecule has 0 radical (unpaired) electrons. The van der Waals surface area contributed by atoms with E-state index in [0.29, 0.717) is 23.5 Å². The van der Waals surface area contributed by atoms with Gasteiger partial charge in [-0.3, -0.25) is 14.6 Å². The van der Waals surface area contributed by atoms with Crippen LogP contribution in [0.4, 0.5) is 0 Å². The molecule has 8 heteroatoms. The molecule has 2 aromatic carbocycles. The summed E-state index contributed by atoms with van der Waals surface area (Å²) in [6.45, 7) is 2.77. The van der Waals surface area contributed by atoms with Crippen molar-refractivity contribution in [2.45, 2.75) is 32.4 Å². The Labute approximate surface area is 209 Å². The van der Waals surface area contributed by atoms with Crippen molar-refractivity contribution in [1.82, 2.24) is 9.88 Å². The number of hydrogen-bond donors (Lipinski definition) is 2. The van der Waals surface area contributed by atoms with Gasteiger partial charge in [-0.25, -0.2) is 0 Å². The Morgan fingerprint density at radius 3 is 2.56 bits per heavy atom. The maximum Gasteiger partial charge on any atom is 0.295 e. The molecule has 0 saturated carbocycles. The number of rotatable bonds is 9. The number of aromatic hydroxyl groups is 1. The van der Waals surface area contributed by atoms with Crippen molar-refractivity contribution < 1.29 is 29.3 Å². The first-order chi connectivity index (χ1) is 17.4. The van der Waals surface area contributed by atoms with Crippen LogP contribution in [0.1, 0.15) is 42.5 Å². The number of pyridine rings is 1. The number of phenols is 1. The van der Waals surface area contributed by atoms with Crippen LogP contribution in [0.15, 0.2) is 72.6 Å². The maximum absolute atomic E-state index is 13.2. The Morgan fingerprint density at radius 2 is 1.89 bits per heavy atom. The van der Waals surface area contributed by atoms with Gasteiger partial charge in [0.1, 0.15) is 11.5 Å². The van der Waals surface area contributed by atoms with E-state index in [1.165, 1.54) is 18.1 Å². The van der Waals surface area contributed by atoms with E-state index in [1.807, 2.05) is 0 Å². The van der Waals surface area contributed by atoms with Gasteiger partial charge in [0.15, 0.2) is 11.5 Å². The predicted octanol–water partition coefficient (Wildman–Crippen LogP) is 4.60. The largest absolute Gasteiger partial charge is 0.507 e. The summed E-state index contributed by atoms with van der Waals surface area (Å²) in [7, 11) is 1.41. The van der Waals surface area contributed by atoms with Crippen molar-refractivity contribution in [3.05, 3.63) is 89.3 Å². The standard InChI is InChI=1S/C28H28N2O6/c1-3-4-14-36-21-10-7-19(8-11-21)26(32)24-25(20-9-12-22(31)23(15-20)35-2)30(28(34)27(24)33)17-18-6-5-13-29-16-18/h5-13,15-16,25,31-32H,3-4,14,17H2,1-2H3/t25-/m1/s1. The van der Waals surface area contributed by atoms with Gasteiger partial charge < -0.3 is 24.6 Å². The molecule has 1 atom stereocenters. The molecule has 0 aliphatic carbocycles. The molecule has 8 nitrogen and oxygen atoms in total. The van der Waals surface area contributed by atoms with E-state index < -0.39 is 17.7 Å². The van der Waals surface area contributed by atoms with Crippen molar-refractivity contribution >= 4 is 17.4 Å². The fourth-order valence-electron chi connectivity index (χ4n) is 4.14. The second kappa shape index (κ2) is 10.9. The lowest BCUT2D eigenvalue weighted by molar-refractivity contribution is -0.140. The number of phenolic OH excluding ortho intramolecular Hbond substituents is 1. The van der Waals surface area contributed by atoms with Crippen molar-refractivity contribution in [3.63, 3.8) is 0 Å². The fraction of sp³-hybridized carbons (Fsp3) is 0.250. The summed E-state index contributed by atoms with van der Waals surface area (Å²) in [5.41, 5.74) is 1.57. The molecule has 1 aromatic heterocycles. The Morgan fingerprint density at radius 1 is 1.11 bits per heavy atom. The average Bonchev–Trinajstić information content (AvgIpc) is 3.14. The van der Waals surface area contributed by atoms with Crippen molar-refractivity contribution in [1.29, 1.82) is 0 Å². The zero-order valence-corrected chi connectivity index (χ0v) is 20.2. The molecule has 1 aliphatic heterocycles. The van der Waals surface area contributed by atoms with E-state index in [2.05, 4.69) is 11.9 Å². The molecule has 1 amide bonds. The van der Waals surface area contributed by atoms with Gasteiger partial charge >= 0.3 is 0 Å². The molecule has 3 aromatic rings. The second-order valence-corrected chi connectivity index (χ2v) is 8.45. The first-order valence-electron chi connectivity index (χ1n) is 11.7. The van der Waals surface area contributed by atoms with E-state index in [-0.39, 0.29) is 29.4 Å². The Bertz CT molecular complexity index is 1270. The Balaban J connectivity index is 1.78. The quantitative estimate of drug-likeness (QED) is 0.196. The van der Waals surface area contributed by atoms with Gasteiger partial charge in [0.05, 0.1) is 25.3 Å². The molecule has 1 aliphatic rings. The molecule has 0 unspecified atom stereocenters. The van der Waals surface area contributed by atoms with Crippen LogP contribution in [-0.4, -0.2) is 45.5 Å². The summed E-state index contributed by atoms with van der Waals surface area (Å²) in [5, 5.41) is 21.3. The highest BCUT2D eigenvalue weighted by molar-refractivity contribution is 6.46. The highest BCUT2D eigenvalue weighted by Crippen LogP contribution is 2.42. The first-order valence-corrected chi connectivity index (χ1v) is 11.7. The number of carbonyl (C=O) groups is 2. The Kier molecular flexibility index (Phi) is 7.53. The van der Waals surface area contributed by atoms with E-state index in [1.54, 1.807) is 60.9 Å². The number of nitrogens with zero attached hydrogens (tertiary/aromatic N) is 2. The van der Waals surface area contributed by atoms with Crippen LogP contribution in [0.2, 0.25) is 0 Å². The zero-order valence-electron chi connectivity index (χ0n) is 20.2. The molecule has 2 heterocycles. The summed E-state index contributed by atoms with van der Waals surface area (Å²) in [6, 6.07) is 14.0. The van der Waals surface area contributed by atoms with Gasteiger partial charge in [0, 0.05) is 24.5 Å². The van der Waals surface area contributed by atoms with Gasteiger partial charge in [0.2, 0.25) is 0 Å². The Hall–Kier alpha value is -4.33. The monoisotopic (exact) mass is 488 g/mol. The summed E-state index contributed by atoms with van der Waals surface area (Å²) in [5.74, 6) is -1.07. The first kappa shape index (κ1) is 24.8. The van der Waals surface area contributed by atoms with Crippen LogP contribution in [-0.2, 0) is 16.1 Å². The van der Waals surface area contributed by atoms with Crippen LogP contribution >= 0.6 is 0 Å². The van der Waals surface area contributed by atoms with Crippen LogP contribution in [0.5, 0.6) is 17.2 Å². The number of benzene rings is 2. The summed E-state index contributed by atoms with van der Waals surface area (Å²) in [6.07, 6.45) is 5.18. The van der Waals surface area contributed by atoms with Crippen LogP contribution in [0.3, 0.4) is 0 Å². The number of hydrogen-bond acceptors (Lipinski definition) is 7. The number of aliphatic hydroxyl groups excluding tert-OH is 1. The molecule has 0 spiro atoms. The number of unbranched alkanes of at least 4 members (excludes halogenated alkanes) is 1. The normalized spacial score (nSPS) is 16.8. The van der Waals surface area contributed by atoms with Crippen molar-refractivity contribution in [2.75, 3.05) is 13.7 Å². The van der Waals surface area contributed by atoms with Crippen molar-refractivity contribution in [2.24, 2.45) is 0 Å². The van der Waals surface area contributed by atoms with E-state index in [0.717, 1.165) is 18.4 Å². The lowest BCUT2D eigenvalue weighted by Crippen LogP contribution is -2.29. The number of Topliss-reactive ketones (excluding diaryl/α,β-unsaturated/α-hetero) is 1. The van der Waals surface area contributed by atoms with Gasteiger partial charge in [-0.15, -0.1) is 0 Å². The average molecular weight is 489 g/mol. The number of likely N-dealkylation sites (tertiary alicyclic amines) is 1. The molecule has 0 bridgehead atoms. The maximum atomic E-state index is 13.2. The molecular weight excluding hydrogens is 460 g/mol.